The van der Waals surface area contributed by atoms with E-state index in [0.717, 1.165) is 17.0 Å². The average molecular weight is 222 g/mol. The van der Waals surface area contributed by atoms with Gasteiger partial charge in [-0.15, -0.1) is 12.6 Å². The third-order valence-corrected chi connectivity index (χ3v) is 2.54. The molecule has 0 unspecified atom stereocenters. The number of thiol groups is 1. The molecule has 0 heterocycles. The van der Waals surface area contributed by atoms with Crippen molar-refractivity contribution in [3.05, 3.63) is 24.3 Å². The first kappa shape index (κ1) is 12.1. The molecule has 82 valence electrons. The van der Waals surface area contributed by atoms with E-state index in [9.17, 15) is 0 Å². The molecule has 0 saturated heterocycles. The van der Waals surface area contributed by atoms with E-state index >= 15 is 0 Å². The van der Waals surface area contributed by atoms with Crippen LogP contribution in [0, 0.1) is 11.3 Å². The molecule has 0 atom stereocenters. The van der Waals surface area contributed by atoms with Gasteiger partial charge < -0.3 is 4.90 Å². The maximum absolute atomic E-state index is 7.92. The van der Waals surface area contributed by atoms with Crippen LogP contribution in [0.3, 0.4) is 0 Å². The molecular formula is C12H18N2S. The first-order valence-corrected chi connectivity index (χ1v) is 5.55. The molecule has 0 aromatic heterocycles. The molecule has 0 aliphatic heterocycles. The highest BCUT2D eigenvalue weighted by Gasteiger charge is 2.08. The third kappa shape index (κ3) is 3.59. The van der Waals surface area contributed by atoms with Gasteiger partial charge in [-0.2, -0.15) is 0 Å². The first-order valence-electron chi connectivity index (χ1n) is 5.11. The van der Waals surface area contributed by atoms with Crippen LogP contribution in [0.4, 0.5) is 5.69 Å². The normalized spacial score (nSPS) is 10.5. The van der Waals surface area contributed by atoms with E-state index in [2.05, 4.69) is 26.5 Å². The fourth-order valence-corrected chi connectivity index (χ4v) is 1.50. The number of anilines is 1. The Kier molecular flexibility index (Phi) is 4.21. The van der Waals surface area contributed by atoms with Crippen LogP contribution in [-0.4, -0.2) is 12.9 Å². The predicted octanol–water partition coefficient (Wildman–Crippen LogP) is 3.43. The second-order valence-electron chi connectivity index (χ2n) is 4.12. The van der Waals surface area contributed by atoms with Gasteiger partial charge >= 0.3 is 0 Å². The van der Waals surface area contributed by atoms with Crippen LogP contribution < -0.4 is 4.90 Å². The number of nitrogens with zero attached hydrogens (tertiary/aromatic N) is 1. The van der Waals surface area contributed by atoms with E-state index in [-0.39, 0.29) is 0 Å². The van der Waals surface area contributed by atoms with Crippen LogP contribution in [0.2, 0.25) is 0 Å². The monoisotopic (exact) mass is 222 g/mol. The fourth-order valence-electron chi connectivity index (χ4n) is 1.36. The third-order valence-electron chi connectivity index (χ3n) is 2.24. The molecular weight excluding hydrogens is 204 g/mol. The lowest BCUT2D eigenvalue weighted by Gasteiger charge is -2.21. The summed E-state index contributed by atoms with van der Waals surface area (Å²) < 4.78 is 0. The number of rotatable bonds is 3. The van der Waals surface area contributed by atoms with Gasteiger partial charge in [-0.05, 0) is 30.2 Å². The zero-order valence-corrected chi connectivity index (χ0v) is 10.4. The quantitative estimate of drug-likeness (QED) is 0.457. The summed E-state index contributed by atoms with van der Waals surface area (Å²) in [6.45, 7) is 4.25. The molecule has 0 amide bonds. The Labute approximate surface area is 97.2 Å². The molecule has 1 rings (SSSR count). The van der Waals surface area contributed by atoms with Crippen molar-refractivity contribution in [1.82, 2.24) is 0 Å². The lowest BCUT2D eigenvalue weighted by molar-refractivity contribution is 0.676. The minimum atomic E-state index is 0.518. The minimum absolute atomic E-state index is 0.518. The van der Waals surface area contributed by atoms with Gasteiger partial charge in [0.05, 0.1) is 0 Å². The topological polar surface area (TPSA) is 27.1 Å². The highest BCUT2D eigenvalue weighted by molar-refractivity contribution is 7.80. The molecule has 0 spiro atoms. The highest BCUT2D eigenvalue weighted by atomic mass is 32.1. The van der Waals surface area contributed by atoms with Crippen LogP contribution in [0.5, 0.6) is 0 Å². The molecule has 1 N–H and O–H groups in total. The molecule has 2 nitrogen and oxygen atoms in total. The Morgan fingerprint density at radius 2 is 1.87 bits per heavy atom. The maximum atomic E-state index is 7.92. The Hall–Kier alpha value is -0.960. The standard InChI is InChI=1S/C12H18N2S/c1-9(2)8-12(13)14(3)10-4-6-11(15)7-5-10/h4-7,9,13,15H,8H2,1-3H3. The average Bonchev–Trinajstić information content (AvgIpc) is 2.17. The fraction of sp³-hybridized carbons (Fsp3) is 0.417. The van der Waals surface area contributed by atoms with Crippen molar-refractivity contribution < 1.29 is 0 Å². The summed E-state index contributed by atoms with van der Waals surface area (Å²) >= 11 is 4.24. The number of benzene rings is 1. The summed E-state index contributed by atoms with van der Waals surface area (Å²) in [7, 11) is 1.93. The number of hydrogen-bond acceptors (Lipinski definition) is 2. The van der Waals surface area contributed by atoms with Crippen molar-refractivity contribution in [3.8, 4) is 0 Å². The van der Waals surface area contributed by atoms with E-state index in [1.807, 2.05) is 36.2 Å². The molecule has 0 aliphatic carbocycles. The van der Waals surface area contributed by atoms with Crippen molar-refractivity contribution in [1.29, 1.82) is 5.41 Å². The number of amidine groups is 1. The molecule has 3 heteroatoms. The van der Waals surface area contributed by atoms with Gasteiger partial charge in [-0.1, -0.05) is 13.8 Å². The summed E-state index contributed by atoms with van der Waals surface area (Å²) in [5.74, 6) is 1.17. The van der Waals surface area contributed by atoms with E-state index in [0.29, 0.717) is 11.8 Å². The van der Waals surface area contributed by atoms with Crippen LogP contribution in [-0.2, 0) is 0 Å². The molecule has 0 fully saturated rings. The van der Waals surface area contributed by atoms with E-state index in [1.54, 1.807) is 0 Å². The van der Waals surface area contributed by atoms with E-state index in [1.165, 1.54) is 0 Å². The number of hydrogen-bond donors (Lipinski definition) is 2. The molecule has 0 radical (unpaired) electrons. The Balaban J connectivity index is 2.71. The van der Waals surface area contributed by atoms with Crippen molar-refractivity contribution >= 4 is 24.2 Å². The van der Waals surface area contributed by atoms with E-state index < -0.39 is 0 Å². The van der Waals surface area contributed by atoms with Gasteiger partial charge in [-0.3, -0.25) is 5.41 Å². The molecule has 0 aliphatic rings. The highest BCUT2D eigenvalue weighted by Crippen LogP contribution is 2.17. The van der Waals surface area contributed by atoms with Crippen LogP contribution >= 0.6 is 12.6 Å². The molecule has 0 saturated carbocycles. The summed E-state index contributed by atoms with van der Waals surface area (Å²) in [4.78, 5) is 2.86. The Morgan fingerprint density at radius 3 is 2.33 bits per heavy atom. The Bertz CT molecular complexity index is 330. The predicted molar refractivity (Wildman–Crippen MR) is 69.3 cm³/mol. The van der Waals surface area contributed by atoms with Gasteiger partial charge in [0.25, 0.3) is 0 Å². The first-order chi connectivity index (χ1) is 7.00. The van der Waals surface area contributed by atoms with Crippen molar-refractivity contribution in [2.45, 2.75) is 25.2 Å². The van der Waals surface area contributed by atoms with Crippen LogP contribution in [0.25, 0.3) is 0 Å². The lowest BCUT2D eigenvalue weighted by Crippen LogP contribution is -2.26. The van der Waals surface area contributed by atoms with Gasteiger partial charge in [0.15, 0.2) is 0 Å². The van der Waals surface area contributed by atoms with Gasteiger partial charge in [0.1, 0.15) is 5.84 Å². The van der Waals surface area contributed by atoms with E-state index in [4.69, 9.17) is 5.41 Å². The smallest absolute Gasteiger partial charge is 0.100 e. The second kappa shape index (κ2) is 5.21. The van der Waals surface area contributed by atoms with Crippen LogP contribution in [0.15, 0.2) is 29.2 Å². The van der Waals surface area contributed by atoms with Gasteiger partial charge in [0, 0.05) is 24.1 Å². The SMILES string of the molecule is CC(C)CC(=N)N(C)c1ccc(S)cc1. The summed E-state index contributed by atoms with van der Waals surface area (Å²) in [6.07, 6.45) is 0.805. The van der Waals surface area contributed by atoms with Crippen LogP contribution in [0.1, 0.15) is 20.3 Å². The van der Waals surface area contributed by atoms with Gasteiger partial charge in [0.2, 0.25) is 0 Å². The number of nitrogens with one attached hydrogen (secondary N) is 1. The molecule has 0 bridgehead atoms. The minimum Gasteiger partial charge on any atom is -0.333 e. The zero-order valence-electron chi connectivity index (χ0n) is 9.49. The largest absolute Gasteiger partial charge is 0.333 e. The van der Waals surface area contributed by atoms with Gasteiger partial charge in [-0.25, -0.2) is 0 Å². The van der Waals surface area contributed by atoms with Crippen molar-refractivity contribution in [2.75, 3.05) is 11.9 Å². The molecule has 1 aromatic carbocycles. The zero-order chi connectivity index (χ0) is 11.4. The second-order valence-corrected chi connectivity index (χ2v) is 4.64. The molecule has 1 aromatic rings. The van der Waals surface area contributed by atoms with Crippen molar-refractivity contribution in [2.24, 2.45) is 5.92 Å². The summed E-state index contributed by atoms with van der Waals surface area (Å²) in [5.41, 5.74) is 1.04. The molecule has 15 heavy (non-hydrogen) atoms. The van der Waals surface area contributed by atoms with Crippen molar-refractivity contribution in [3.63, 3.8) is 0 Å². The summed E-state index contributed by atoms with van der Waals surface area (Å²) in [5, 5.41) is 7.92. The maximum Gasteiger partial charge on any atom is 0.100 e. The lowest BCUT2D eigenvalue weighted by atomic mass is 10.1. The summed E-state index contributed by atoms with van der Waals surface area (Å²) in [6, 6.07) is 7.85. The Morgan fingerprint density at radius 1 is 1.33 bits per heavy atom.